The molecule has 0 atom stereocenters. The van der Waals surface area contributed by atoms with Crippen LogP contribution in [-0.4, -0.2) is 27.7 Å². The van der Waals surface area contributed by atoms with Gasteiger partial charge in [-0.25, -0.2) is 9.78 Å². The van der Waals surface area contributed by atoms with Crippen molar-refractivity contribution in [2.24, 2.45) is 0 Å². The van der Waals surface area contributed by atoms with E-state index in [1.807, 2.05) is 30.3 Å². The summed E-state index contributed by atoms with van der Waals surface area (Å²) in [6, 6.07) is 12.7. The average molecular weight is 302 g/mol. The zero-order valence-electron chi connectivity index (χ0n) is 11.2. The molecule has 0 fully saturated rings. The van der Waals surface area contributed by atoms with Crippen molar-refractivity contribution in [2.45, 2.75) is 11.3 Å². The third-order valence-electron chi connectivity index (χ3n) is 2.60. The maximum atomic E-state index is 11.8. The molecule has 0 spiro atoms. The molecule has 0 saturated carbocycles. The molecule has 0 radical (unpaired) electrons. The highest BCUT2D eigenvalue weighted by molar-refractivity contribution is 7.99. The Hall–Kier alpha value is -2.34. The Morgan fingerprint density at radius 1 is 1.19 bits per heavy atom. The van der Waals surface area contributed by atoms with Crippen LogP contribution in [0.15, 0.2) is 53.6 Å². The first-order chi connectivity index (χ1) is 10.1. The lowest BCUT2D eigenvalue weighted by atomic mass is 10.3. The summed E-state index contributed by atoms with van der Waals surface area (Å²) in [5.41, 5.74) is 0.351. The highest BCUT2D eigenvalue weighted by Crippen LogP contribution is 2.18. The number of benzene rings is 1. The van der Waals surface area contributed by atoms with E-state index in [1.54, 1.807) is 17.8 Å². The van der Waals surface area contributed by atoms with E-state index in [1.165, 1.54) is 12.3 Å². The molecule has 1 aromatic heterocycles. The quantitative estimate of drug-likeness (QED) is 0.802. The van der Waals surface area contributed by atoms with Gasteiger partial charge in [-0.2, -0.15) is 0 Å². The van der Waals surface area contributed by atoms with Gasteiger partial charge in [-0.05, 0) is 24.3 Å². The summed E-state index contributed by atoms with van der Waals surface area (Å²) in [6.45, 7) is 0. The molecule has 1 heterocycles. The fourth-order valence-electron chi connectivity index (χ4n) is 1.63. The molecule has 2 N–H and O–H groups in total. The molecular formula is C15H14N2O3S. The van der Waals surface area contributed by atoms with Crippen molar-refractivity contribution < 1.29 is 14.7 Å². The second-order valence-corrected chi connectivity index (χ2v) is 5.36. The summed E-state index contributed by atoms with van der Waals surface area (Å²) in [6.07, 6.45) is 1.71. The molecule has 0 aliphatic heterocycles. The molecule has 0 unspecified atom stereocenters. The zero-order valence-corrected chi connectivity index (χ0v) is 12.0. The van der Waals surface area contributed by atoms with Crippen molar-refractivity contribution in [2.75, 3.05) is 11.1 Å². The Labute approximate surface area is 126 Å². The number of thioether (sulfide) groups is 1. The van der Waals surface area contributed by atoms with E-state index in [0.29, 0.717) is 17.9 Å². The number of rotatable bonds is 6. The molecule has 2 aromatic rings. The zero-order chi connectivity index (χ0) is 15.1. The van der Waals surface area contributed by atoms with Crippen LogP contribution >= 0.6 is 11.8 Å². The van der Waals surface area contributed by atoms with Gasteiger partial charge < -0.3 is 10.4 Å². The maximum absolute atomic E-state index is 11.8. The lowest BCUT2D eigenvalue weighted by molar-refractivity contribution is -0.115. The van der Waals surface area contributed by atoms with Crippen molar-refractivity contribution in [1.29, 1.82) is 0 Å². The number of nitrogens with one attached hydrogen (secondary N) is 1. The van der Waals surface area contributed by atoms with E-state index in [-0.39, 0.29) is 11.6 Å². The minimum atomic E-state index is -1.12. The SMILES string of the molecule is O=C(CCSc1ccccc1)Nc1ccnc(C(=O)O)c1. The van der Waals surface area contributed by atoms with E-state index in [0.717, 1.165) is 4.90 Å². The standard InChI is InChI=1S/C15H14N2O3S/c18-14(7-9-21-12-4-2-1-3-5-12)17-11-6-8-16-13(10-11)15(19)20/h1-6,8,10H,7,9H2,(H,19,20)(H,16,17,18). The fraction of sp³-hybridized carbons (Fsp3) is 0.133. The van der Waals surface area contributed by atoms with E-state index in [4.69, 9.17) is 5.11 Å². The molecule has 108 valence electrons. The van der Waals surface area contributed by atoms with Gasteiger partial charge in [-0.1, -0.05) is 18.2 Å². The van der Waals surface area contributed by atoms with Gasteiger partial charge in [0.2, 0.25) is 5.91 Å². The monoisotopic (exact) mass is 302 g/mol. The van der Waals surface area contributed by atoms with Gasteiger partial charge in [0.25, 0.3) is 0 Å². The number of hydrogen-bond donors (Lipinski definition) is 2. The number of carbonyl (C=O) groups excluding carboxylic acids is 1. The summed E-state index contributed by atoms with van der Waals surface area (Å²) in [4.78, 5) is 27.4. The predicted molar refractivity (Wildman–Crippen MR) is 81.6 cm³/mol. The number of hydrogen-bond acceptors (Lipinski definition) is 4. The first kappa shape index (κ1) is 15.1. The van der Waals surface area contributed by atoms with Crippen LogP contribution in [-0.2, 0) is 4.79 Å². The van der Waals surface area contributed by atoms with Crippen LogP contribution < -0.4 is 5.32 Å². The molecule has 6 heteroatoms. The van der Waals surface area contributed by atoms with Gasteiger partial charge in [0.1, 0.15) is 5.69 Å². The molecule has 5 nitrogen and oxygen atoms in total. The first-order valence-corrected chi connectivity index (χ1v) is 7.31. The van der Waals surface area contributed by atoms with Crippen molar-refractivity contribution in [1.82, 2.24) is 4.98 Å². The normalized spacial score (nSPS) is 10.1. The molecule has 2 rings (SSSR count). The highest BCUT2D eigenvalue weighted by atomic mass is 32.2. The summed E-state index contributed by atoms with van der Waals surface area (Å²) < 4.78 is 0. The third-order valence-corrected chi connectivity index (χ3v) is 3.62. The number of aromatic nitrogens is 1. The molecule has 0 aliphatic carbocycles. The number of nitrogens with zero attached hydrogens (tertiary/aromatic N) is 1. The van der Waals surface area contributed by atoms with Crippen LogP contribution in [0.3, 0.4) is 0 Å². The van der Waals surface area contributed by atoms with Crippen LogP contribution in [0.25, 0.3) is 0 Å². The van der Waals surface area contributed by atoms with E-state index in [2.05, 4.69) is 10.3 Å². The van der Waals surface area contributed by atoms with Crippen molar-refractivity contribution in [3.8, 4) is 0 Å². The van der Waals surface area contributed by atoms with E-state index >= 15 is 0 Å². The van der Waals surface area contributed by atoms with Gasteiger partial charge in [-0.15, -0.1) is 11.8 Å². The topological polar surface area (TPSA) is 79.3 Å². The van der Waals surface area contributed by atoms with E-state index in [9.17, 15) is 9.59 Å². The maximum Gasteiger partial charge on any atom is 0.354 e. The Kier molecular flexibility index (Phi) is 5.34. The Morgan fingerprint density at radius 2 is 1.95 bits per heavy atom. The molecule has 1 amide bonds. The lowest BCUT2D eigenvalue weighted by Gasteiger charge is -2.05. The van der Waals surface area contributed by atoms with Crippen molar-refractivity contribution in [3.05, 3.63) is 54.4 Å². The van der Waals surface area contributed by atoms with Gasteiger partial charge in [0, 0.05) is 29.0 Å². The van der Waals surface area contributed by atoms with Crippen molar-refractivity contribution in [3.63, 3.8) is 0 Å². The minimum Gasteiger partial charge on any atom is -0.477 e. The van der Waals surface area contributed by atoms with Gasteiger partial charge >= 0.3 is 5.97 Å². The summed E-state index contributed by atoms with van der Waals surface area (Å²) in [5.74, 6) is -0.612. The van der Waals surface area contributed by atoms with Crippen LogP contribution in [0.4, 0.5) is 5.69 Å². The summed E-state index contributed by atoms with van der Waals surface area (Å²) in [5, 5.41) is 11.5. The number of anilines is 1. The average Bonchev–Trinajstić information content (AvgIpc) is 2.48. The fourth-order valence-corrected chi connectivity index (χ4v) is 2.50. The molecule has 21 heavy (non-hydrogen) atoms. The number of amides is 1. The Morgan fingerprint density at radius 3 is 2.67 bits per heavy atom. The largest absolute Gasteiger partial charge is 0.477 e. The number of carboxylic acid groups (broad SMARTS) is 1. The Balaban J connectivity index is 1.82. The van der Waals surface area contributed by atoms with Crippen LogP contribution in [0.1, 0.15) is 16.9 Å². The third kappa shape index (κ3) is 4.92. The van der Waals surface area contributed by atoms with Crippen LogP contribution in [0.5, 0.6) is 0 Å². The van der Waals surface area contributed by atoms with Gasteiger partial charge in [0.05, 0.1) is 0 Å². The van der Waals surface area contributed by atoms with Crippen molar-refractivity contribution >= 4 is 29.3 Å². The second-order valence-electron chi connectivity index (χ2n) is 4.19. The molecule has 0 aliphatic rings. The molecule has 0 saturated heterocycles. The molecule has 0 bridgehead atoms. The smallest absolute Gasteiger partial charge is 0.354 e. The number of carbonyl (C=O) groups is 2. The van der Waals surface area contributed by atoms with Crippen LogP contribution in [0.2, 0.25) is 0 Å². The summed E-state index contributed by atoms with van der Waals surface area (Å²) >= 11 is 1.60. The number of pyridine rings is 1. The predicted octanol–water partition coefficient (Wildman–Crippen LogP) is 2.90. The molecule has 1 aromatic carbocycles. The van der Waals surface area contributed by atoms with Crippen LogP contribution in [0, 0.1) is 0 Å². The highest BCUT2D eigenvalue weighted by Gasteiger charge is 2.07. The van der Waals surface area contributed by atoms with E-state index < -0.39 is 5.97 Å². The summed E-state index contributed by atoms with van der Waals surface area (Å²) in [7, 11) is 0. The second kappa shape index (κ2) is 7.44. The lowest BCUT2D eigenvalue weighted by Crippen LogP contribution is -2.13. The number of aromatic carboxylic acids is 1. The number of carboxylic acids is 1. The molecular weight excluding hydrogens is 288 g/mol. The van der Waals surface area contributed by atoms with Gasteiger partial charge in [0.15, 0.2) is 0 Å². The minimum absolute atomic E-state index is 0.0912. The Bertz CT molecular complexity index is 632. The van der Waals surface area contributed by atoms with Gasteiger partial charge in [-0.3, -0.25) is 4.79 Å². The first-order valence-electron chi connectivity index (χ1n) is 6.32.